The summed E-state index contributed by atoms with van der Waals surface area (Å²) in [7, 11) is 1.59. The number of furan rings is 1. The van der Waals surface area contributed by atoms with Crippen molar-refractivity contribution in [3.05, 3.63) is 23.2 Å². The fourth-order valence-electron chi connectivity index (χ4n) is 1.87. The predicted molar refractivity (Wildman–Crippen MR) is 70.0 cm³/mol. The number of hydrogen-bond acceptors (Lipinski definition) is 4. The van der Waals surface area contributed by atoms with E-state index in [1.54, 1.807) is 14.0 Å². The van der Waals surface area contributed by atoms with Crippen LogP contribution in [0.25, 0.3) is 0 Å². The summed E-state index contributed by atoms with van der Waals surface area (Å²) >= 11 is 0. The van der Waals surface area contributed by atoms with E-state index in [0.29, 0.717) is 18.1 Å². The maximum absolute atomic E-state index is 11.4. The first kappa shape index (κ1) is 15.2. The Bertz CT molecular complexity index is 453. The fraction of sp³-hybridized carbons (Fsp3) is 0.538. The molecule has 1 rings (SSSR count). The summed E-state index contributed by atoms with van der Waals surface area (Å²) < 4.78 is 5.41. The monoisotopic (exact) mass is 268 g/mol. The van der Waals surface area contributed by atoms with Gasteiger partial charge in [-0.25, -0.2) is 4.79 Å². The summed E-state index contributed by atoms with van der Waals surface area (Å²) in [5.74, 6) is -0.123. The van der Waals surface area contributed by atoms with Gasteiger partial charge in [0.25, 0.3) is 0 Å². The minimum atomic E-state index is -0.999. The van der Waals surface area contributed by atoms with Gasteiger partial charge < -0.3 is 14.8 Å². The average Bonchev–Trinajstić information content (AvgIpc) is 2.70. The van der Waals surface area contributed by atoms with Crippen molar-refractivity contribution in [2.75, 3.05) is 20.1 Å². The summed E-state index contributed by atoms with van der Waals surface area (Å²) in [5.41, 5.74) is 0.173. The lowest BCUT2D eigenvalue weighted by molar-refractivity contribution is -0.121. The third-order valence-corrected chi connectivity index (χ3v) is 2.76. The zero-order valence-electron chi connectivity index (χ0n) is 11.5. The SMILES string of the molecule is CCCN(CC(=O)NC)Cc1cc(C(=O)O)c(C)o1. The summed E-state index contributed by atoms with van der Waals surface area (Å²) in [5, 5.41) is 11.5. The number of rotatable bonds is 7. The third-order valence-electron chi connectivity index (χ3n) is 2.76. The van der Waals surface area contributed by atoms with Gasteiger partial charge in [0, 0.05) is 7.05 Å². The molecule has 0 fully saturated rings. The normalized spacial score (nSPS) is 10.7. The average molecular weight is 268 g/mol. The number of carboxylic acids is 1. The number of likely N-dealkylation sites (N-methyl/N-ethyl adjacent to an activating group) is 1. The number of amides is 1. The Morgan fingerprint density at radius 2 is 2.16 bits per heavy atom. The molecule has 0 aromatic carbocycles. The Morgan fingerprint density at radius 3 is 2.63 bits per heavy atom. The van der Waals surface area contributed by atoms with Crippen LogP contribution in [0.3, 0.4) is 0 Å². The fourth-order valence-corrected chi connectivity index (χ4v) is 1.87. The maximum Gasteiger partial charge on any atom is 0.339 e. The molecule has 0 saturated carbocycles. The maximum atomic E-state index is 11.4. The van der Waals surface area contributed by atoms with Gasteiger partial charge in [-0.3, -0.25) is 9.69 Å². The van der Waals surface area contributed by atoms with Crippen LogP contribution in [0.1, 0.15) is 35.2 Å². The minimum absolute atomic E-state index is 0.0739. The van der Waals surface area contributed by atoms with Crippen molar-refractivity contribution >= 4 is 11.9 Å². The van der Waals surface area contributed by atoms with E-state index in [2.05, 4.69) is 5.32 Å². The molecule has 106 valence electrons. The highest BCUT2D eigenvalue weighted by Crippen LogP contribution is 2.16. The molecule has 1 heterocycles. The summed E-state index contributed by atoms with van der Waals surface area (Å²) in [6.07, 6.45) is 0.905. The van der Waals surface area contributed by atoms with Gasteiger partial charge in [0.15, 0.2) is 0 Å². The van der Waals surface area contributed by atoms with E-state index < -0.39 is 5.97 Å². The largest absolute Gasteiger partial charge is 0.478 e. The second-order valence-corrected chi connectivity index (χ2v) is 4.37. The highest BCUT2D eigenvalue weighted by molar-refractivity contribution is 5.88. The quantitative estimate of drug-likeness (QED) is 0.777. The van der Waals surface area contributed by atoms with Gasteiger partial charge in [-0.05, 0) is 26.0 Å². The number of aromatic carboxylic acids is 1. The molecule has 0 aliphatic rings. The molecule has 1 amide bonds. The number of nitrogens with zero attached hydrogens (tertiary/aromatic N) is 1. The van der Waals surface area contributed by atoms with Crippen LogP contribution in [0.15, 0.2) is 10.5 Å². The smallest absolute Gasteiger partial charge is 0.339 e. The van der Waals surface area contributed by atoms with Crippen molar-refractivity contribution in [3.63, 3.8) is 0 Å². The van der Waals surface area contributed by atoms with Crippen molar-refractivity contribution in [2.45, 2.75) is 26.8 Å². The van der Waals surface area contributed by atoms with Gasteiger partial charge >= 0.3 is 5.97 Å². The standard InChI is InChI=1S/C13H20N2O4/c1-4-5-15(8-12(16)14-3)7-10-6-11(13(17)18)9(2)19-10/h6H,4-5,7-8H2,1-3H3,(H,14,16)(H,17,18). The lowest BCUT2D eigenvalue weighted by atomic mass is 10.2. The van der Waals surface area contributed by atoms with Crippen LogP contribution >= 0.6 is 0 Å². The van der Waals surface area contributed by atoms with Crippen LogP contribution in [-0.2, 0) is 11.3 Å². The first-order valence-electron chi connectivity index (χ1n) is 6.23. The van der Waals surface area contributed by atoms with Crippen LogP contribution in [0.4, 0.5) is 0 Å². The molecule has 1 aromatic heterocycles. The number of carbonyl (C=O) groups excluding carboxylic acids is 1. The molecule has 0 unspecified atom stereocenters. The van der Waals surface area contributed by atoms with Crippen molar-refractivity contribution < 1.29 is 19.1 Å². The van der Waals surface area contributed by atoms with Gasteiger partial charge in [-0.2, -0.15) is 0 Å². The molecule has 0 spiro atoms. The Balaban J connectivity index is 2.75. The molecule has 0 aliphatic heterocycles. The Labute approximate surface area is 112 Å². The van der Waals surface area contributed by atoms with E-state index in [1.165, 1.54) is 6.07 Å². The van der Waals surface area contributed by atoms with E-state index in [-0.39, 0.29) is 18.0 Å². The summed E-state index contributed by atoms with van der Waals surface area (Å²) in [4.78, 5) is 24.2. The summed E-state index contributed by atoms with van der Waals surface area (Å²) in [6.45, 7) is 5.08. The molecule has 6 heteroatoms. The number of hydrogen-bond donors (Lipinski definition) is 2. The topological polar surface area (TPSA) is 82.8 Å². The number of carbonyl (C=O) groups is 2. The van der Waals surface area contributed by atoms with Crippen LogP contribution in [-0.4, -0.2) is 42.0 Å². The Hall–Kier alpha value is -1.82. The molecular weight excluding hydrogens is 248 g/mol. The third kappa shape index (κ3) is 4.40. The number of aryl methyl sites for hydroxylation is 1. The van der Waals surface area contributed by atoms with Gasteiger partial charge in [0.1, 0.15) is 17.1 Å². The van der Waals surface area contributed by atoms with Crippen LogP contribution < -0.4 is 5.32 Å². The van der Waals surface area contributed by atoms with Crippen LogP contribution in [0.5, 0.6) is 0 Å². The Morgan fingerprint density at radius 1 is 1.47 bits per heavy atom. The van der Waals surface area contributed by atoms with Crippen molar-refractivity contribution in [2.24, 2.45) is 0 Å². The number of nitrogens with one attached hydrogen (secondary N) is 1. The minimum Gasteiger partial charge on any atom is -0.478 e. The van der Waals surface area contributed by atoms with E-state index in [0.717, 1.165) is 13.0 Å². The molecule has 0 atom stereocenters. The molecule has 0 aliphatic carbocycles. The first-order valence-corrected chi connectivity index (χ1v) is 6.23. The number of carboxylic acid groups (broad SMARTS) is 1. The van der Waals surface area contributed by atoms with Gasteiger partial charge in [0.05, 0.1) is 13.1 Å². The van der Waals surface area contributed by atoms with E-state index in [1.807, 2.05) is 11.8 Å². The molecule has 6 nitrogen and oxygen atoms in total. The molecule has 1 aromatic rings. The molecule has 2 N–H and O–H groups in total. The van der Waals surface area contributed by atoms with Crippen LogP contribution in [0.2, 0.25) is 0 Å². The van der Waals surface area contributed by atoms with Crippen molar-refractivity contribution in [1.29, 1.82) is 0 Å². The van der Waals surface area contributed by atoms with E-state index in [4.69, 9.17) is 9.52 Å². The van der Waals surface area contributed by atoms with E-state index >= 15 is 0 Å². The molecular formula is C13H20N2O4. The Kier molecular flexibility index (Phi) is 5.57. The lowest BCUT2D eigenvalue weighted by Gasteiger charge is -2.19. The van der Waals surface area contributed by atoms with E-state index in [9.17, 15) is 9.59 Å². The van der Waals surface area contributed by atoms with Crippen molar-refractivity contribution in [1.82, 2.24) is 10.2 Å². The highest BCUT2D eigenvalue weighted by atomic mass is 16.4. The molecule has 0 bridgehead atoms. The van der Waals surface area contributed by atoms with Gasteiger partial charge in [0.2, 0.25) is 5.91 Å². The summed E-state index contributed by atoms with van der Waals surface area (Å²) in [6, 6.07) is 1.52. The predicted octanol–water partition coefficient (Wildman–Crippen LogP) is 1.24. The second kappa shape index (κ2) is 6.94. The first-order chi connectivity index (χ1) is 8.97. The zero-order chi connectivity index (χ0) is 14.4. The van der Waals surface area contributed by atoms with Crippen molar-refractivity contribution in [3.8, 4) is 0 Å². The molecule has 0 radical (unpaired) electrons. The van der Waals surface area contributed by atoms with Gasteiger partial charge in [-0.15, -0.1) is 0 Å². The lowest BCUT2D eigenvalue weighted by Crippen LogP contribution is -2.35. The molecule has 0 saturated heterocycles. The van der Waals surface area contributed by atoms with Crippen LogP contribution in [0, 0.1) is 6.92 Å². The highest BCUT2D eigenvalue weighted by Gasteiger charge is 2.16. The molecule has 19 heavy (non-hydrogen) atoms. The van der Waals surface area contributed by atoms with Gasteiger partial charge in [-0.1, -0.05) is 6.92 Å². The zero-order valence-corrected chi connectivity index (χ0v) is 11.5. The second-order valence-electron chi connectivity index (χ2n) is 4.37.